The smallest absolute Gasteiger partial charge is 0.319 e. The second kappa shape index (κ2) is 6.61. The van der Waals surface area contributed by atoms with Crippen LogP contribution < -0.4 is 10.6 Å². The van der Waals surface area contributed by atoms with Crippen LogP contribution >= 0.6 is 0 Å². The van der Waals surface area contributed by atoms with E-state index in [1.54, 1.807) is 24.1 Å². The summed E-state index contributed by atoms with van der Waals surface area (Å²) in [6.07, 6.45) is 1.55. The van der Waals surface area contributed by atoms with Crippen LogP contribution in [-0.4, -0.2) is 32.0 Å². The van der Waals surface area contributed by atoms with E-state index >= 15 is 0 Å². The normalized spacial score (nSPS) is 18.4. The van der Waals surface area contributed by atoms with E-state index in [0.29, 0.717) is 17.9 Å². The highest BCUT2D eigenvalue weighted by Gasteiger charge is 2.31. The molecule has 0 saturated heterocycles. The number of fused-ring (bicyclic) bond motifs is 1. The maximum atomic E-state index is 12.4. The molecule has 2 unspecified atom stereocenters. The van der Waals surface area contributed by atoms with Crippen LogP contribution in [0.25, 0.3) is 11.4 Å². The van der Waals surface area contributed by atoms with Gasteiger partial charge in [0.2, 0.25) is 0 Å². The van der Waals surface area contributed by atoms with Crippen LogP contribution in [0.2, 0.25) is 0 Å². The average molecular weight is 349 g/mol. The zero-order valence-corrected chi connectivity index (χ0v) is 14.3. The van der Waals surface area contributed by atoms with Crippen molar-refractivity contribution in [3.63, 3.8) is 0 Å². The zero-order valence-electron chi connectivity index (χ0n) is 14.3. The summed E-state index contributed by atoms with van der Waals surface area (Å²) in [6.45, 7) is 0. The van der Waals surface area contributed by atoms with Crippen LogP contribution in [0.4, 0.5) is 10.5 Å². The van der Waals surface area contributed by atoms with Gasteiger partial charge in [-0.3, -0.25) is 4.68 Å². The van der Waals surface area contributed by atoms with Crippen LogP contribution in [0, 0.1) is 0 Å². The van der Waals surface area contributed by atoms with E-state index < -0.39 is 12.1 Å². The molecule has 132 valence electrons. The lowest BCUT2D eigenvalue weighted by atomic mass is 10.1. The molecule has 0 aliphatic heterocycles. The molecule has 3 N–H and O–H groups in total. The van der Waals surface area contributed by atoms with E-state index in [1.807, 2.05) is 42.5 Å². The zero-order chi connectivity index (χ0) is 18.1. The average Bonchev–Trinajstić information content (AvgIpc) is 3.19. The molecule has 7 nitrogen and oxygen atoms in total. The topological polar surface area (TPSA) is 92.1 Å². The molecule has 0 saturated carbocycles. The lowest BCUT2D eigenvalue weighted by Gasteiger charge is -2.18. The second-order valence-corrected chi connectivity index (χ2v) is 6.37. The van der Waals surface area contributed by atoms with Gasteiger partial charge >= 0.3 is 6.03 Å². The lowest BCUT2D eigenvalue weighted by molar-refractivity contribution is 0.144. The number of benzene rings is 2. The molecule has 26 heavy (non-hydrogen) atoms. The number of amides is 2. The fourth-order valence-corrected chi connectivity index (χ4v) is 3.26. The van der Waals surface area contributed by atoms with Gasteiger partial charge in [-0.15, -0.1) is 0 Å². The summed E-state index contributed by atoms with van der Waals surface area (Å²) in [7, 11) is 1.80. The Morgan fingerprint density at radius 1 is 1.23 bits per heavy atom. The molecule has 0 radical (unpaired) electrons. The third-order valence-electron chi connectivity index (χ3n) is 4.47. The molecular formula is C19H19N5O2. The predicted octanol–water partition coefficient (Wildman–Crippen LogP) is 2.26. The maximum Gasteiger partial charge on any atom is 0.319 e. The minimum atomic E-state index is -0.623. The molecule has 7 heteroatoms. The van der Waals surface area contributed by atoms with Crippen LogP contribution in [0.3, 0.4) is 0 Å². The van der Waals surface area contributed by atoms with Crippen LogP contribution in [-0.2, 0) is 13.5 Å². The van der Waals surface area contributed by atoms with E-state index in [4.69, 9.17) is 0 Å². The number of carbonyl (C=O) groups excluding carboxylic acids is 1. The van der Waals surface area contributed by atoms with Gasteiger partial charge in [-0.2, -0.15) is 5.10 Å². The molecule has 0 fully saturated rings. The first-order chi connectivity index (χ1) is 12.6. The second-order valence-electron chi connectivity index (χ2n) is 6.37. The Labute approximate surface area is 150 Å². The van der Waals surface area contributed by atoms with Gasteiger partial charge in [0, 0.05) is 24.7 Å². The number of aryl methyl sites for hydroxylation is 1. The fraction of sp³-hybridized carbons (Fsp3) is 0.211. The summed E-state index contributed by atoms with van der Waals surface area (Å²) in [5.74, 6) is 0.594. The van der Waals surface area contributed by atoms with Crippen molar-refractivity contribution in [2.45, 2.75) is 18.6 Å². The van der Waals surface area contributed by atoms with Crippen LogP contribution in [0.5, 0.6) is 0 Å². The van der Waals surface area contributed by atoms with Crippen molar-refractivity contribution >= 4 is 11.7 Å². The molecule has 2 amide bonds. The Balaban J connectivity index is 1.47. The fourth-order valence-electron chi connectivity index (χ4n) is 3.26. The summed E-state index contributed by atoms with van der Waals surface area (Å²) in [6, 6.07) is 14.3. The summed E-state index contributed by atoms with van der Waals surface area (Å²) in [5, 5.41) is 20.2. The Kier molecular flexibility index (Phi) is 4.14. The van der Waals surface area contributed by atoms with E-state index in [0.717, 1.165) is 16.7 Å². The molecule has 1 aliphatic rings. The number of aliphatic hydroxyl groups excluding tert-OH is 1. The van der Waals surface area contributed by atoms with Gasteiger partial charge in [-0.05, 0) is 23.3 Å². The Bertz CT molecular complexity index is 952. The summed E-state index contributed by atoms with van der Waals surface area (Å²) in [5.41, 5.74) is 3.47. The molecule has 0 bridgehead atoms. The van der Waals surface area contributed by atoms with Gasteiger partial charge in [0.15, 0.2) is 5.82 Å². The summed E-state index contributed by atoms with van der Waals surface area (Å²) in [4.78, 5) is 16.6. The van der Waals surface area contributed by atoms with Crippen molar-refractivity contribution in [1.29, 1.82) is 0 Å². The van der Waals surface area contributed by atoms with Gasteiger partial charge in [0.05, 0.1) is 12.1 Å². The van der Waals surface area contributed by atoms with Gasteiger partial charge in [-0.1, -0.05) is 36.4 Å². The number of nitrogens with one attached hydrogen (secondary N) is 2. The molecule has 1 aliphatic carbocycles. The molecular weight excluding hydrogens is 330 g/mol. The molecule has 3 aromatic rings. The standard InChI is InChI=1S/C19H19N5O2/c1-24-11-20-18(23-24)13-6-4-7-14(9-13)21-19(26)22-17-15-8-3-2-5-12(15)10-16(17)25/h2-9,11,16-17,25H,10H2,1H3,(H2,21,22,26). The number of urea groups is 1. The number of rotatable bonds is 3. The minimum Gasteiger partial charge on any atom is -0.390 e. The third-order valence-corrected chi connectivity index (χ3v) is 4.47. The number of hydrogen-bond donors (Lipinski definition) is 3. The molecule has 4 rings (SSSR count). The first-order valence-electron chi connectivity index (χ1n) is 8.39. The van der Waals surface area contributed by atoms with Gasteiger partial charge in [-0.25, -0.2) is 9.78 Å². The van der Waals surface area contributed by atoms with Crippen molar-refractivity contribution in [3.8, 4) is 11.4 Å². The van der Waals surface area contributed by atoms with Crippen molar-refractivity contribution < 1.29 is 9.90 Å². The van der Waals surface area contributed by atoms with Crippen molar-refractivity contribution in [1.82, 2.24) is 20.1 Å². The Hall–Kier alpha value is -3.19. The van der Waals surface area contributed by atoms with Crippen LogP contribution in [0.1, 0.15) is 17.2 Å². The van der Waals surface area contributed by atoms with Crippen molar-refractivity contribution in [3.05, 3.63) is 66.0 Å². The first kappa shape index (κ1) is 16.3. The number of aliphatic hydroxyl groups is 1. The number of aromatic nitrogens is 3. The van der Waals surface area contributed by atoms with Crippen LogP contribution in [0.15, 0.2) is 54.9 Å². The molecule has 2 aromatic carbocycles. The SMILES string of the molecule is Cn1cnc(-c2cccc(NC(=O)NC3c4ccccc4CC3O)c2)n1. The Morgan fingerprint density at radius 3 is 2.88 bits per heavy atom. The predicted molar refractivity (Wildman–Crippen MR) is 97.5 cm³/mol. The summed E-state index contributed by atoms with van der Waals surface area (Å²) >= 11 is 0. The minimum absolute atomic E-state index is 0.364. The van der Waals surface area contributed by atoms with Gasteiger partial charge in [0.1, 0.15) is 6.33 Å². The molecule has 2 atom stereocenters. The van der Waals surface area contributed by atoms with Gasteiger partial charge < -0.3 is 15.7 Å². The van der Waals surface area contributed by atoms with E-state index in [2.05, 4.69) is 20.7 Å². The van der Waals surface area contributed by atoms with E-state index in [1.165, 1.54) is 0 Å². The highest BCUT2D eigenvalue weighted by atomic mass is 16.3. The van der Waals surface area contributed by atoms with Gasteiger partial charge in [0.25, 0.3) is 0 Å². The first-order valence-corrected chi connectivity index (χ1v) is 8.39. The summed E-state index contributed by atoms with van der Waals surface area (Å²) < 4.78 is 1.63. The number of hydrogen-bond acceptors (Lipinski definition) is 4. The molecule has 1 heterocycles. The third kappa shape index (κ3) is 3.16. The number of anilines is 1. The quantitative estimate of drug-likeness (QED) is 0.676. The van der Waals surface area contributed by atoms with Crippen molar-refractivity contribution in [2.75, 3.05) is 5.32 Å². The highest BCUT2D eigenvalue weighted by molar-refractivity contribution is 5.90. The van der Waals surface area contributed by atoms with E-state index in [-0.39, 0.29) is 6.03 Å². The maximum absolute atomic E-state index is 12.4. The molecule has 1 aromatic heterocycles. The highest BCUT2D eigenvalue weighted by Crippen LogP contribution is 2.31. The monoisotopic (exact) mass is 349 g/mol. The van der Waals surface area contributed by atoms with E-state index in [9.17, 15) is 9.90 Å². The lowest BCUT2D eigenvalue weighted by Crippen LogP contribution is -2.36. The number of carbonyl (C=O) groups is 1. The largest absolute Gasteiger partial charge is 0.390 e. The number of nitrogens with zero attached hydrogens (tertiary/aromatic N) is 3. The molecule has 0 spiro atoms. The van der Waals surface area contributed by atoms with Crippen molar-refractivity contribution in [2.24, 2.45) is 7.05 Å². The Morgan fingerprint density at radius 2 is 2.08 bits per heavy atom.